The number of hydrogen-bond acceptors (Lipinski definition) is 4. The van der Waals surface area contributed by atoms with E-state index in [1.54, 1.807) is 24.3 Å². The number of nitrogens with two attached hydrogens (primary N) is 2. The molecular formula is C16H14N4. The van der Waals surface area contributed by atoms with Gasteiger partial charge in [0.2, 0.25) is 0 Å². The molecule has 4 heteroatoms. The second-order valence-electron chi connectivity index (χ2n) is 4.52. The number of hydrogen-bond donors (Lipinski definition) is 2. The van der Waals surface area contributed by atoms with Crippen LogP contribution in [0.4, 0.5) is 0 Å². The Morgan fingerprint density at radius 3 is 1.20 bits per heavy atom. The van der Waals surface area contributed by atoms with Crippen LogP contribution in [0.3, 0.4) is 0 Å². The lowest BCUT2D eigenvalue weighted by molar-refractivity contribution is 0.574. The highest BCUT2D eigenvalue weighted by atomic mass is 14.8. The first kappa shape index (κ1) is 13.8. The van der Waals surface area contributed by atoms with Gasteiger partial charge in [0.1, 0.15) is 0 Å². The van der Waals surface area contributed by atoms with E-state index in [0.29, 0.717) is 11.1 Å². The molecule has 0 saturated carbocycles. The van der Waals surface area contributed by atoms with Gasteiger partial charge in [-0.25, -0.2) is 0 Å². The molecular weight excluding hydrogens is 248 g/mol. The fraction of sp³-hybridized carbons (Fsp3) is 0.125. The third kappa shape index (κ3) is 2.84. The minimum atomic E-state index is -0.365. The van der Waals surface area contributed by atoms with Gasteiger partial charge < -0.3 is 11.5 Å². The van der Waals surface area contributed by atoms with Gasteiger partial charge in [-0.2, -0.15) is 10.5 Å². The standard InChI is InChI=1S/C16H14N4/c17-9-11-1-5-13(6-2-11)15(19)16(20)14-7-3-12(10-18)4-8-14/h1-8,15-16H,19-20H2/t15-,16-/m0/s1. The summed E-state index contributed by atoms with van der Waals surface area (Å²) in [4.78, 5) is 0. The molecule has 98 valence electrons. The van der Waals surface area contributed by atoms with Crippen LogP contribution in [-0.4, -0.2) is 0 Å². The zero-order chi connectivity index (χ0) is 14.5. The molecule has 4 nitrogen and oxygen atoms in total. The fourth-order valence-electron chi connectivity index (χ4n) is 1.97. The Labute approximate surface area is 117 Å². The molecule has 0 aliphatic heterocycles. The SMILES string of the molecule is N#Cc1ccc([C@H](N)[C@@H](N)c2ccc(C#N)cc2)cc1. The average Bonchev–Trinajstić information content (AvgIpc) is 2.53. The Bertz CT molecular complexity index is 598. The van der Waals surface area contributed by atoms with E-state index in [4.69, 9.17) is 22.0 Å². The molecule has 4 N–H and O–H groups in total. The molecule has 0 saturated heterocycles. The van der Waals surface area contributed by atoms with Gasteiger partial charge in [0, 0.05) is 12.1 Å². The van der Waals surface area contributed by atoms with Crippen LogP contribution in [0.25, 0.3) is 0 Å². The highest BCUT2D eigenvalue weighted by Crippen LogP contribution is 2.25. The Morgan fingerprint density at radius 2 is 0.950 bits per heavy atom. The summed E-state index contributed by atoms with van der Waals surface area (Å²) in [7, 11) is 0. The van der Waals surface area contributed by atoms with Crippen LogP contribution in [0.15, 0.2) is 48.5 Å². The summed E-state index contributed by atoms with van der Waals surface area (Å²) in [5, 5.41) is 17.5. The largest absolute Gasteiger partial charge is 0.322 e. The molecule has 0 aliphatic carbocycles. The Balaban J connectivity index is 2.20. The van der Waals surface area contributed by atoms with Crippen LogP contribution < -0.4 is 11.5 Å². The number of nitrogens with zero attached hydrogens (tertiary/aromatic N) is 2. The van der Waals surface area contributed by atoms with Crippen molar-refractivity contribution < 1.29 is 0 Å². The second kappa shape index (κ2) is 5.99. The van der Waals surface area contributed by atoms with Gasteiger partial charge in [0.25, 0.3) is 0 Å². The summed E-state index contributed by atoms with van der Waals surface area (Å²) in [5.41, 5.74) is 15.3. The van der Waals surface area contributed by atoms with Crippen molar-refractivity contribution in [3.8, 4) is 12.1 Å². The summed E-state index contributed by atoms with van der Waals surface area (Å²) in [6.45, 7) is 0. The molecule has 0 aromatic heterocycles. The molecule has 2 aromatic carbocycles. The lowest BCUT2D eigenvalue weighted by Gasteiger charge is -2.20. The molecule has 2 aromatic rings. The maximum absolute atomic E-state index is 8.77. The van der Waals surface area contributed by atoms with E-state index in [9.17, 15) is 0 Å². The summed E-state index contributed by atoms with van der Waals surface area (Å²) in [5.74, 6) is 0. The summed E-state index contributed by atoms with van der Waals surface area (Å²) in [6.07, 6.45) is 0. The zero-order valence-corrected chi connectivity index (χ0v) is 10.8. The van der Waals surface area contributed by atoms with E-state index in [-0.39, 0.29) is 12.1 Å². The van der Waals surface area contributed by atoms with E-state index in [2.05, 4.69) is 12.1 Å². The quantitative estimate of drug-likeness (QED) is 0.884. The number of benzene rings is 2. The van der Waals surface area contributed by atoms with Crippen molar-refractivity contribution >= 4 is 0 Å². The van der Waals surface area contributed by atoms with Crippen LogP contribution >= 0.6 is 0 Å². The first-order chi connectivity index (χ1) is 9.65. The maximum Gasteiger partial charge on any atom is 0.0991 e. The zero-order valence-electron chi connectivity index (χ0n) is 10.8. The molecule has 0 amide bonds. The smallest absolute Gasteiger partial charge is 0.0991 e. The molecule has 2 rings (SSSR count). The number of rotatable bonds is 3. The highest BCUT2D eigenvalue weighted by molar-refractivity contribution is 5.36. The van der Waals surface area contributed by atoms with Gasteiger partial charge >= 0.3 is 0 Å². The molecule has 0 unspecified atom stereocenters. The van der Waals surface area contributed by atoms with E-state index < -0.39 is 0 Å². The van der Waals surface area contributed by atoms with Crippen molar-refractivity contribution in [3.63, 3.8) is 0 Å². The van der Waals surface area contributed by atoms with Gasteiger partial charge in [-0.3, -0.25) is 0 Å². The molecule has 20 heavy (non-hydrogen) atoms. The van der Waals surface area contributed by atoms with Crippen LogP contribution in [0.2, 0.25) is 0 Å². The van der Waals surface area contributed by atoms with Gasteiger partial charge in [0.05, 0.1) is 23.3 Å². The molecule has 0 fully saturated rings. The monoisotopic (exact) mass is 262 g/mol. The van der Waals surface area contributed by atoms with Crippen molar-refractivity contribution in [2.45, 2.75) is 12.1 Å². The molecule has 2 atom stereocenters. The van der Waals surface area contributed by atoms with Gasteiger partial charge in [-0.05, 0) is 35.4 Å². The molecule has 0 spiro atoms. The van der Waals surface area contributed by atoms with Gasteiger partial charge in [0.15, 0.2) is 0 Å². The van der Waals surface area contributed by atoms with E-state index in [1.807, 2.05) is 24.3 Å². The van der Waals surface area contributed by atoms with Gasteiger partial charge in [-0.1, -0.05) is 24.3 Å². The molecule has 0 radical (unpaired) electrons. The first-order valence-corrected chi connectivity index (χ1v) is 6.17. The summed E-state index contributed by atoms with van der Waals surface area (Å²) < 4.78 is 0. The Kier molecular flexibility index (Phi) is 4.12. The first-order valence-electron chi connectivity index (χ1n) is 6.17. The average molecular weight is 262 g/mol. The lowest BCUT2D eigenvalue weighted by atomic mass is 9.94. The van der Waals surface area contributed by atoms with Crippen molar-refractivity contribution in [3.05, 3.63) is 70.8 Å². The van der Waals surface area contributed by atoms with Crippen LogP contribution in [0.5, 0.6) is 0 Å². The highest BCUT2D eigenvalue weighted by Gasteiger charge is 2.17. The van der Waals surface area contributed by atoms with Crippen molar-refractivity contribution in [1.82, 2.24) is 0 Å². The lowest BCUT2D eigenvalue weighted by Crippen LogP contribution is -2.26. The molecule has 0 bridgehead atoms. The van der Waals surface area contributed by atoms with E-state index >= 15 is 0 Å². The topological polar surface area (TPSA) is 99.6 Å². The van der Waals surface area contributed by atoms with Crippen LogP contribution in [0.1, 0.15) is 34.3 Å². The Morgan fingerprint density at radius 1 is 0.650 bits per heavy atom. The number of nitriles is 2. The summed E-state index contributed by atoms with van der Waals surface area (Å²) in [6, 6.07) is 17.5. The predicted molar refractivity (Wildman–Crippen MR) is 76.2 cm³/mol. The maximum atomic E-state index is 8.77. The third-order valence-corrected chi connectivity index (χ3v) is 3.24. The normalized spacial score (nSPS) is 13.0. The minimum absolute atomic E-state index is 0.365. The van der Waals surface area contributed by atoms with Crippen molar-refractivity contribution in [1.29, 1.82) is 10.5 Å². The van der Waals surface area contributed by atoms with E-state index in [1.165, 1.54) is 0 Å². The minimum Gasteiger partial charge on any atom is -0.322 e. The predicted octanol–water partition coefficient (Wildman–Crippen LogP) is 2.13. The van der Waals surface area contributed by atoms with Crippen LogP contribution in [-0.2, 0) is 0 Å². The molecule has 0 heterocycles. The molecule has 0 aliphatic rings. The second-order valence-corrected chi connectivity index (χ2v) is 4.52. The van der Waals surface area contributed by atoms with Gasteiger partial charge in [-0.15, -0.1) is 0 Å². The van der Waals surface area contributed by atoms with E-state index in [0.717, 1.165) is 11.1 Å². The third-order valence-electron chi connectivity index (χ3n) is 3.24. The van der Waals surface area contributed by atoms with Crippen molar-refractivity contribution in [2.24, 2.45) is 11.5 Å². The summed E-state index contributed by atoms with van der Waals surface area (Å²) >= 11 is 0. The van der Waals surface area contributed by atoms with Crippen LogP contribution in [0, 0.1) is 22.7 Å². The van der Waals surface area contributed by atoms with Crippen molar-refractivity contribution in [2.75, 3.05) is 0 Å². The Hall–Kier alpha value is -2.66. The fourth-order valence-corrected chi connectivity index (χ4v) is 1.97.